The highest BCUT2D eigenvalue weighted by Crippen LogP contribution is 2.22. The Hall–Kier alpha value is -2.24. The predicted molar refractivity (Wildman–Crippen MR) is 96.7 cm³/mol. The second-order valence-corrected chi connectivity index (χ2v) is 6.91. The highest BCUT2D eigenvalue weighted by molar-refractivity contribution is 5.89. The van der Waals surface area contributed by atoms with Crippen LogP contribution in [0.15, 0.2) is 24.3 Å². The molecule has 0 spiro atoms. The molecule has 3 amide bonds. The van der Waals surface area contributed by atoms with Crippen molar-refractivity contribution in [1.29, 1.82) is 0 Å². The minimum absolute atomic E-state index is 0.0291. The van der Waals surface area contributed by atoms with Gasteiger partial charge in [0.25, 0.3) is 0 Å². The summed E-state index contributed by atoms with van der Waals surface area (Å²) < 4.78 is 5.17. The maximum absolute atomic E-state index is 12.4. The van der Waals surface area contributed by atoms with Gasteiger partial charge in [-0.15, -0.1) is 0 Å². The first-order valence-corrected chi connectivity index (χ1v) is 9.16. The van der Waals surface area contributed by atoms with E-state index in [-0.39, 0.29) is 17.9 Å². The molecule has 0 bridgehead atoms. The van der Waals surface area contributed by atoms with Crippen LogP contribution in [-0.4, -0.2) is 43.1 Å². The van der Waals surface area contributed by atoms with E-state index >= 15 is 0 Å². The zero-order valence-corrected chi connectivity index (χ0v) is 14.8. The predicted octanol–water partition coefficient (Wildman–Crippen LogP) is 3.00. The van der Waals surface area contributed by atoms with Crippen molar-refractivity contribution < 1.29 is 14.3 Å². The van der Waals surface area contributed by atoms with Crippen molar-refractivity contribution in [2.24, 2.45) is 5.92 Å². The van der Waals surface area contributed by atoms with E-state index in [0.29, 0.717) is 30.6 Å². The van der Waals surface area contributed by atoms with E-state index in [2.05, 4.69) is 10.6 Å². The molecule has 136 valence electrons. The van der Waals surface area contributed by atoms with Crippen LogP contribution in [0.5, 0.6) is 5.75 Å². The van der Waals surface area contributed by atoms with E-state index in [9.17, 15) is 9.59 Å². The number of benzene rings is 1. The number of nitrogens with one attached hydrogen (secondary N) is 2. The average Bonchev–Trinajstić information content (AvgIpc) is 3.15. The van der Waals surface area contributed by atoms with Crippen molar-refractivity contribution in [2.45, 2.75) is 44.6 Å². The van der Waals surface area contributed by atoms with Crippen LogP contribution >= 0.6 is 0 Å². The fourth-order valence-electron chi connectivity index (χ4n) is 3.64. The van der Waals surface area contributed by atoms with E-state index in [0.717, 1.165) is 25.7 Å². The molecule has 1 heterocycles. The number of amides is 3. The molecule has 2 N–H and O–H groups in total. The summed E-state index contributed by atoms with van der Waals surface area (Å²) >= 11 is 0. The van der Waals surface area contributed by atoms with Gasteiger partial charge in [-0.2, -0.15) is 0 Å². The van der Waals surface area contributed by atoms with Gasteiger partial charge >= 0.3 is 6.03 Å². The van der Waals surface area contributed by atoms with Crippen LogP contribution in [0.2, 0.25) is 0 Å². The van der Waals surface area contributed by atoms with Crippen LogP contribution in [0.1, 0.15) is 38.5 Å². The lowest BCUT2D eigenvalue weighted by molar-refractivity contribution is -0.126. The number of nitrogens with zero attached hydrogens (tertiary/aromatic N) is 1. The third-order valence-electron chi connectivity index (χ3n) is 5.18. The smallest absolute Gasteiger partial charge is 0.321 e. The molecular weight excluding hydrogens is 318 g/mol. The number of carbonyl (C=O) groups is 2. The number of piperidine rings is 1. The first-order valence-electron chi connectivity index (χ1n) is 9.16. The third-order valence-corrected chi connectivity index (χ3v) is 5.18. The zero-order valence-electron chi connectivity index (χ0n) is 14.8. The van der Waals surface area contributed by atoms with Crippen molar-refractivity contribution in [3.63, 3.8) is 0 Å². The Bertz CT molecular complexity index is 606. The molecule has 2 aliphatic rings. The van der Waals surface area contributed by atoms with Crippen molar-refractivity contribution in [3.8, 4) is 5.75 Å². The van der Waals surface area contributed by atoms with Crippen LogP contribution in [0.4, 0.5) is 10.5 Å². The summed E-state index contributed by atoms with van der Waals surface area (Å²) in [7, 11) is 1.60. The van der Waals surface area contributed by atoms with Crippen molar-refractivity contribution in [2.75, 3.05) is 25.5 Å². The normalized spacial score (nSPS) is 18.8. The molecule has 1 saturated carbocycles. The Balaban J connectivity index is 1.46. The lowest BCUT2D eigenvalue weighted by Gasteiger charge is -2.32. The summed E-state index contributed by atoms with van der Waals surface area (Å²) in [4.78, 5) is 26.5. The van der Waals surface area contributed by atoms with Crippen LogP contribution in [0.25, 0.3) is 0 Å². The van der Waals surface area contributed by atoms with Crippen molar-refractivity contribution >= 4 is 17.6 Å². The molecule has 1 aliphatic heterocycles. The first kappa shape index (κ1) is 17.6. The first-order chi connectivity index (χ1) is 12.2. The fraction of sp³-hybridized carbons (Fsp3) is 0.579. The van der Waals surface area contributed by atoms with E-state index in [1.807, 2.05) is 18.2 Å². The Morgan fingerprint density at radius 3 is 2.52 bits per heavy atom. The molecule has 6 heteroatoms. The van der Waals surface area contributed by atoms with E-state index < -0.39 is 0 Å². The molecule has 1 aromatic carbocycles. The zero-order chi connectivity index (χ0) is 17.6. The molecule has 1 saturated heterocycles. The molecule has 2 fully saturated rings. The monoisotopic (exact) mass is 345 g/mol. The summed E-state index contributed by atoms with van der Waals surface area (Å²) in [5.41, 5.74) is 0.713. The quantitative estimate of drug-likeness (QED) is 0.881. The van der Waals surface area contributed by atoms with Gasteiger partial charge in [0, 0.05) is 36.8 Å². The van der Waals surface area contributed by atoms with Crippen LogP contribution < -0.4 is 15.4 Å². The molecular formula is C19H27N3O3. The van der Waals surface area contributed by atoms with Crippen LogP contribution in [0.3, 0.4) is 0 Å². The second kappa shape index (κ2) is 8.23. The van der Waals surface area contributed by atoms with Crippen molar-refractivity contribution in [1.82, 2.24) is 10.2 Å². The van der Waals surface area contributed by atoms with Gasteiger partial charge < -0.3 is 20.3 Å². The fourth-order valence-corrected chi connectivity index (χ4v) is 3.64. The molecule has 6 nitrogen and oxygen atoms in total. The maximum Gasteiger partial charge on any atom is 0.321 e. The van der Waals surface area contributed by atoms with E-state index in [1.165, 1.54) is 12.8 Å². The lowest BCUT2D eigenvalue weighted by Crippen LogP contribution is -2.46. The summed E-state index contributed by atoms with van der Waals surface area (Å²) in [6.07, 6.45) is 6.09. The van der Waals surface area contributed by atoms with Gasteiger partial charge in [-0.1, -0.05) is 18.9 Å². The number of hydrogen-bond acceptors (Lipinski definition) is 3. The molecule has 0 aromatic heterocycles. The van der Waals surface area contributed by atoms with Gasteiger partial charge in [-0.05, 0) is 37.8 Å². The molecule has 1 aliphatic carbocycles. The lowest BCUT2D eigenvalue weighted by atomic mass is 9.95. The van der Waals surface area contributed by atoms with Gasteiger partial charge in [0.2, 0.25) is 5.91 Å². The minimum Gasteiger partial charge on any atom is -0.497 e. The minimum atomic E-state index is -0.122. The van der Waals surface area contributed by atoms with Gasteiger partial charge in [-0.3, -0.25) is 4.79 Å². The number of likely N-dealkylation sites (tertiary alicyclic amines) is 1. The third kappa shape index (κ3) is 4.65. The van der Waals surface area contributed by atoms with Gasteiger partial charge in [0.1, 0.15) is 5.75 Å². The molecule has 0 radical (unpaired) electrons. The van der Waals surface area contributed by atoms with E-state index in [4.69, 9.17) is 4.74 Å². The van der Waals surface area contributed by atoms with Crippen LogP contribution in [0, 0.1) is 5.92 Å². The Labute approximate surface area is 148 Å². The topological polar surface area (TPSA) is 70.7 Å². The number of ether oxygens (including phenoxy) is 1. The number of carbonyl (C=O) groups excluding carboxylic acids is 2. The van der Waals surface area contributed by atoms with Gasteiger partial charge in [0.15, 0.2) is 0 Å². The SMILES string of the molecule is COc1cccc(NC(=O)N2CCC(C(=O)NC3CCCC3)CC2)c1. The largest absolute Gasteiger partial charge is 0.497 e. The average molecular weight is 345 g/mol. The highest BCUT2D eigenvalue weighted by atomic mass is 16.5. The number of hydrogen-bond donors (Lipinski definition) is 2. The van der Waals surface area contributed by atoms with E-state index in [1.54, 1.807) is 18.1 Å². The standard InChI is InChI=1S/C19H27N3O3/c1-25-17-8-4-7-16(13-17)21-19(24)22-11-9-14(10-12-22)18(23)20-15-5-2-3-6-15/h4,7-8,13-15H,2-3,5-6,9-12H2,1H3,(H,20,23)(H,21,24). The molecule has 3 rings (SSSR count). The second-order valence-electron chi connectivity index (χ2n) is 6.91. The molecule has 1 aromatic rings. The Morgan fingerprint density at radius 2 is 1.84 bits per heavy atom. The maximum atomic E-state index is 12.4. The number of urea groups is 1. The summed E-state index contributed by atoms with van der Waals surface area (Å²) in [5, 5.41) is 6.07. The molecule has 0 unspecified atom stereocenters. The summed E-state index contributed by atoms with van der Waals surface area (Å²) in [6.45, 7) is 1.22. The number of anilines is 1. The Morgan fingerprint density at radius 1 is 1.12 bits per heavy atom. The molecule has 25 heavy (non-hydrogen) atoms. The number of methoxy groups -OCH3 is 1. The summed E-state index contributed by atoms with van der Waals surface area (Å²) in [6, 6.07) is 7.55. The number of rotatable bonds is 4. The molecule has 0 atom stereocenters. The van der Waals surface area contributed by atoms with Crippen LogP contribution in [-0.2, 0) is 4.79 Å². The van der Waals surface area contributed by atoms with Gasteiger partial charge in [-0.25, -0.2) is 4.79 Å². The highest BCUT2D eigenvalue weighted by Gasteiger charge is 2.29. The van der Waals surface area contributed by atoms with Crippen molar-refractivity contribution in [3.05, 3.63) is 24.3 Å². The summed E-state index contributed by atoms with van der Waals surface area (Å²) in [5.74, 6) is 0.904. The Kier molecular flexibility index (Phi) is 5.79. The van der Waals surface area contributed by atoms with Gasteiger partial charge in [0.05, 0.1) is 7.11 Å².